The number of aliphatic carboxylic acids is 1. The van der Waals surface area contributed by atoms with Gasteiger partial charge in [-0.2, -0.15) is 0 Å². The van der Waals surface area contributed by atoms with E-state index >= 15 is 0 Å². The van der Waals surface area contributed by atoms with E-state index in [1.165, 1.54) is 0 Å². The van der Waals surface area contributed by atoms with E-state index in [1.807, 2.05) is 30.3 Å². The molecule has 16 heavy (non-hydrogen) atoms. The van der Waals surface area contributed by atoms with E-state index in [2.05, 4.69) is 0 Å². The lowest BCUT2D eigenvalue weighted by Gasteiger charge is -2.04. The first kappa shape index (κ1) is 12.7. The van der Waals surface area contributed by atoms with E-state index in [9.17, 15) is 9.59 Å². The van der Waals surface area contributed by atoms with Crippen molar-refractivity contribution >= 4 is 22.8 Å². The summed E-state index contributed by atoms with van der Waals surface area (Å²) in [5.74, 6) is -0.597. The Hall–Kier alpha value is -1.33. The smallest absolute Gasteiger partial charge is 0.320 e. The van der Waals surface area contributed by atoms with Crippen LogP contribution in [-0.2, 0) is 15.3 Å². The van der Waals surface area contributed by atoms with Gasteiger partial charge in [-0.25, -0.2) is 0 Å². The maximum atomic E-state index is 11.4. The second kappa shape index (κ2) is 6.30. The average Bonchev–Trinajstić information content (AvgIpc) is 2.27. The Morgan fingerprint density at radius 2 is 1.94 bits per heavy atom. The molecule has 0 aromatic heterocycles. The number of hydrogen-bond donors (Lipinski definition) is 2. The van der Waals surface area contributed by atoms with Crippen molar-refractivity contribution in [3.8, 4) is 0 Å². The van der Waals surface area contributed by atoms with Gasteiger partial charge in [0.1, 0.15) is 6.04 Å². The lowest BCUT2D eigenvalue weighted by Crippen LogP contribution is -2.31. The summed E-state index contributed by atoms with van der Waals surface area (Å²) in [4.78, 5) is 21.8. The van der Waals surface area contributed by atoms with Crippen molar-refractivity contribution in [3.63, 3.8) is 0 Å². The van der Waals surface area contributed by atoms with Crippen LogP contribution in [0, 0.1) is 0 Å². The van der Waals surface area contributed by atoms with Gasteiger partial charge in [0.25, 0.3) is 0 Å². The normalized spacial score (nSPS) is 12.1. The van der Waals surface area contributed by atoms with Gasteiger partial charge in [0.05, 0.1) is 0 Å². The maximum absolute atomic E-state index is 11.4. The van der Waals surface area contributed by atoms with Crippen molar-refractivity contribution in [2.45, 2.75) is 18.2 Å². The van der Waals surface area contributed by atoms with Crippen molar-refractivity contribution in [3.05, 3.63) is 35.9 Å². The average molecular weight is 239 g/mol. The van der Waals surface area contributed by atoms with Crippen LogP contribution in [0.4, 0.5) is 0 Å². The number of benzene rings is 1. The first-order valence-electron chi connectivity index (χ1n) is 4.77. The van der Waals surface area contributed by atoms with E-state index in [4.69, 9.17) is 10.8 Å². The molecule has 0 radical (unpaired) electrons. The quantitative estimate of drug-likeness (QED) is 0.808. The molecule has 4 nitrogen and oxygen atoms in total. The molecule has 1 atom stereocenters. The molecule has 0 heterocycles. The summed E-state index contributed by atoms with van der Waals surface area (Å²) in [6.07, 6.45) is -0.132. The lowest BCUT2D eigenvalue weighted by atomic mass is 10.2. The number of carboxylic acids is 1. The highest BCUT2D eigenvalue weighted by Gasteiger charge is 2.16. The third kappa shape index (κ3) is 4.46. The van der Waals surface area contributed by atoms with Crippen LogP contribution in [0.2, 0.25) is 0 Å². The SMILES string of the molecule is NC(CC(=O)SCc1ccccc1)C(=O)O. The largest absolute Gasteiger partial charge is 0.480 e. The van der Waals surface area contributed by atoms with E-state index < -0.39 is 12.0 Å². The van der Waals surface area contributed by atoms with Gasteiger partial charge in [0, 0.05) is 12.2 Å². The van der Waals surface area contributed by atoms with E-state index in [0.29, 0.717) is 5.75 Å². The van der Waals surface area contributed by atoms with Gasteiger partial charge in [0.2, 0.25) is 0 Å². The van der Waals surface area contributed by atoms with Gasteiger partial charge in [-0.05, 0) is 5.56 Å². The lowest BCUT2D eigenvalue weighted by molar-refractivity contribution is -0.139. The maximum Gasteiger partial charge on any atom is 0.320 e. The number of rotatable bonds is 5. The van der Waals surface area contributed by atoms with Crippen LogP contribution in [0.25, 0.3) is 0 Å². The number of carbonyl (C=O) groups excluding carboxylic acids is 1. The molecule has 1 rings (SSSR count). The topological polar surface area (TPSA) is 80.4 Å². The molecule has 0 aliphatic rings. The Labute approximate surface area is 97.8 Å². The highest BCUT2D eigenvalue weighted by molar-refractivity contribution is 8.12. The second-order valence-electron chi connectivity index (χ2n) is 3.30. The summed E-state index contributed by atoms with van der Waals surface area (Å²) in [6.45, 7) is 0. The van der Waals surface area contributed by atoms with Crippen molar-refractivity contribution in [2.24, 2.45) is 5.73 Å². The highest BCUT2D eigenvalue weighted by atomic mass is 32.2. The fraction of sp³-hybridized carbons (Fsp3) is 0.273. The predicted molar refractivity (Wildman–Crippen MR) is 63.0 cm³/mol. The number of hydrogen-bond acceptors (Lipinski definition) is 4. The molecule has 0 bridgehead atoms. The van der Waals surface area contributed by atoms with Gasteiger partial charge < -0.3 is 10.8 Å². The summed E-state index contributed by atoms with van der Waals surface area (Å²) in [5, 5.41) is 8.33. The number of carbonyl (C=O) groups is 2. The van der Waals surface area contributed by atoms with Crippen molar-refractivity contribution in [1.29, 1.82) is 0 Å². The summed E-state index contributed by atoms with van der Waals surface area (Å²) in [5.41, 5.74) is 6.28. The van der Waals surface area contributed by atoms with Crippen LogP contribution in [0.15, 0.2) is 30.3 Å². The van der Waals surface area contributed by atoms with Crippen molar-refractivity contribution in [1.82, 2.24) is 0 Å². The molecular weight excluding hydrogens is 226 g/mol. The predicted octanol–water partition coefficient (Wildman–Crippen LogP) is 1.25. The molecule has 0 spiro atoms. The molecule has 0 aliphatic carbocycles. The van der Waals surface area contributed by atoms with Gasteiger partial charge in [0.15, 0.2) is 5.12 Å². The second-order valence-corrected chi connectivity index (χ2v) is 4.33. The Balaban J connectivity index is 2.33. The third-order valence-corrected chi connectivity index (χ3v) is 2.91. The fourth-order valence-electron chi connectivity index (χ4n) is 1.06. The summed E-state index contributed by atoms with van der Waals surface area (Å²) >= 11 is 1.09. The van der Waals surface area contributed by atoms with Crippen LogP contribution < -0.4 is 5.73 Å². The van der Waals surface area contributed by atoms with Crippen LogP contribution in [0.3, 0.4) is 0 Å². The summed E-state index contributed by atoms with van der Waals surface area (Å²) in [7, 11) is 0. The summed E-state index contributed by atoms with van der Waals surface area (Å²) < 4.78 is 0. The molecule has 86 valence electrons. The Kier molecular flexibility index (Phi) is 5.01. The van der Waals surface area contributed by atoms with Gasteiger partial charge in [-0.3, -0.25) is 9.59 Å². The zero-order valence-corrected chi connectivity index (χ0v) is 9.44. The molecule has 1 aromatic carbocycles. The molecule has 3 N–H and O–H groups in total. The van der Waals surface area contributed by atoms with Crippen LogP contribution >= 0.6 is 11.8 Å². The minimum absolute atomic E-state index is 0.132. The van der Waals surface area contributed by atoms with E-state index in [-0.39, 0.29) is 11.5 Å². The zero-order chi connectivity index (χ0) is 12.0. The van der Waals surface area contributed by atoms with Crippen LogP contribution in [0.5, 0.6) is 0 Å². The van der Waals surface area contributed by atoms with Crippen molar-refractivity contribution in [2.75, 3.05) is 0 Å². The molecule has 5 heteroatoms. The monoisotopic (exact) mass is 239 g/mol. The minimum Gasteiger partial charge on any atom is -0.480 e. The highest BCUT2D eigenvalue weighted by Crippen LogP contribution is 2.14. The standard InChI is InChI=1S/C11H13NO3S/c12-9(11(14)15)6-10(13)16-7-8-4-2-1-3-5-8/h1-5,9H,6-7,12H2,(H,14,15). The van der Waals surface area contributed by atoms with Gasteiger partial charge in [-0.1, -0.05) is 42.1 Å². The molecule has 0 saturated carbocycles. The Morgan fingerprint density at radius 1 is 1.31 bits per heavy atom. The van der Waals surface area contributed by atoms with Gasteiger partial charge >= 0.3 is 5.97 Å². The number of carboxylic acid groups (broad SMARTS) is 1. The van der Waals surface area contributed by atoms with E-state index in [1.54, 1.807) is 0 Å². The molecule has 0 aliphatic heterocycles. The third-order valence-electron chi connectivity index (χ3n) is 1.95. The molecule has 1 aromatic rings. The van der Waals surface area contributed by atoms with Crippen molar-refractivity contribution < 1.29 is 14.7 Å². The first-order chi connectivity index (χ1) is 7.59. The van der Waals surface area contributed by atoms with Crippen LogP contribution in [0.1, 0.15) is 12.0 Å². The number of nitrogens with two attached hydrogens (primary N) is 1. The van der Waals surface area contributed by atoms with Gasteiger partial charge in [-0.15, -0.1) is 0 Å². The Bertz CT molecular complexity index is 367. The fourth-order valence-corrected chi connectivity index (χ4v) is 1.88. The summed E-state index contributed by atoms with van der Waals surface area (Å²) in [6, 6.07) is 8.41. The Morgan fingerprint density at radius 3 is 2.50 bits per heavy atom. The van der Waals surface area contributed by atoms with E-state index in [0.717, 1.165) is 17.3 Å². The molecular formula is C11H13NO3S. The van der Waals surface area contributed by atoms with Crippen LogP contribution in [-0.4, -0.2) is 22.2 Å². The number of thioether (sulfide) groups is 1. The molecule has 0 saturated heterocycles. The molecule has 1 unspecified atom stereocenters. The minimum atomic E-state index is -1.14. The zero-order valence-electron chi connectivity index (χ0n) is 8.63. The molecule has 0 amide bonds. The first-order valence-corrected chi connectivity index (χ1v) is 5.76. The molecule has 0 fully saturated rings.